The Morgan fingerprint density at radius 3 is 2.92 bits per heavy atom. The Morgan fingerprint density at radius 2 is 2.42 bits per heavy atom. The van der Waals surface area contributed by atoms with Crippen molar-refractivity contribution in [3.05, 3.63) is 10.7 Å². The maximum atomic E-state index is 5.78. The summed E-state index contributed by atoms with van der Waals surface area (Å²) < 4.78 is 0. The van der Waals surface area contributed by atoms with E-state index in [-0.39, 0.29) is 5.50 Å². The maximum absolute atomic E-state index is 5.78. The number of hydrogen-bond donors (Lipinski definition) is 1. The van der Waals surface area contributed by atoms with Gasteiger partial charge < -0.3 is 5.32 Å². The lowest BCUT2D eigenvalue weighted by Crippen LogP contribution is -2.10. The second kappa shape index (κ2) is 3.92. The van der Waals surface area contributed by atoms with Gasteiger partial charge in [0.2, 0.25) is 0 Å². The summed E-state index contributed by atoms with van der Waals surface area (Å²) in [5, 5.41) is 3.51. The van der Waals surface area contributed by atoms with Gasteiger partial charge in [-0.2, -0.15) is 0 Å². The van der Waals surface area contributed by atoms with E-state index in [4.69, 9.17) is 23.2 Å². The van der Waals surface area contributed by atoms with Crippen molar-refractivity contribution >= 4 is 35.4 Å². The summed E-state index contributed by atoms with van der Waals surface area (Å²) in [7, 11) is 0. The Kier molecular flexibility index (Phi) is 3.12. The highest BCUT2D eigenvalue weighted by Gasteiger charge is 2.13. The predicted molar refractivity (Wildman–Crippen MR) is 52.9 cm³/mol. The van der Waals surface area contributed by atoms with E-state index in [0.29, 0.717) is 10.9 Å². The highest BCUT2D eigenvalue weighted by molar-refractivity contribution is 6.32. The van der Waals surface area contributed by atoms with Crippen LogP contribution in [0.4, 0.5) is 0 Å². The van der Waals surface area contributed by atoms with Crippen LogP contribution in [0.25, 0.3) is 0 Å². The van der Waals surface area contributed by atoms with Crippen LogP contribution in [-0.2, 0) is 0 Å². The molecule has 0 aliphatic carbocycles. The molecule has 0 saturated heterocycles. The van der Waals surface area contributed by atoms with Crippen LogP contribution in [0.2, 0.25) is 0 Å². The van der Waals surface area contributed by atoms with Crippen LogP contribution in [0, 0.1) is 0 Å². The molecule has 66 valence electrons. The zero-order chi connectivity index (χ0) is 9.14. The monoisotopic (exact) mass is 205 g/mol. The first-order valence-electron chi connectivity index (χ1n) is 3.49. The third-order valence-corrected chi connectivity index (χ3v) is 1.55. The first kappa shape index (κ1) is 9.55. The Balaban J connectivity index is 2.91. The fraction of sp³-hybridized carbons (Fsp3) is 0.429. The summed E-state index contributed by atoms with van der Waals surface area (Å²) in [6.45, 7) is 3.54. The molecule has 0 spiro atoms. The molecule has 1 aliphatic heterocycles. The van der Waals surface area contributed by atoms with Crippen molar-refractivity contribution in [1.82, 2.24) is 5.32 Å². The van der Waals surface area contributed by atoms with Crippen LogP contribution in [-0.4, -0.2) is 17.7 Å². The third kappa shape index (κ3) is 2.22. The Labute approximate surface area is 81.2 Å². The molecule has 0 radical (unpaired) electrons. The molecular weight excluding hydrogens is 197 g/mol. The molecule has 1 rings (SSSR count). The molecule has 0 aromatic heterocycles. The molecule has 12 heavy (non-hydrogen) atoms. The predicted octanol–water partition coefficient (Wildman–Crippen LogP) is 2.07. The molecular formula is C7H9Cl2N3. The maximum Gasteiger partial charge on any atom is 0.175 e. The first-order chi connectivity index (χ1) is 5.61. The molecule has 1 aliphatic rings. The van der Waals surface area contributed by atoms with Crippen LogP contribution in [0.5, 0.6) is 0 Å². The van der Waals surface area contributed by atoms with Crippen molar-refractivity contribution in [3.8, 4) is 0 Å². The van der Waals surface area contributed by atoms with Gasteiger partial charge in [-0.05, 0) is 13.8 Å². The molecule has 1 atom stereocenters. The lowest BCUT2D eigenvalue weighted by Gasteiger charge is -2.00. The number of aliphatic imine (C=N–C) groups is 2. The van der Waals surface area contributed by atoms with E-state index in [2.05, 4.69) is 15.3 Å². The first-order valence-corrected chi connectivity index (χ1v) is 4.30. The number of alkyl halides is 1. The number of halogens is 2. The van der Waals surface area contributed by atoms with Gasteiger partial charge in [-0.3, -0.25) is 0 Å². The molecule has 1 heterocycles. The number of rotatable bonds is 1. The molecule has 1 N–H and O–H groups in total. The van der Waals surface area contributed by atoms with Gasteiger partial charge >= 0.3 is 0 Å². The fourth-order valence-corrected chi connectivity index (χ4v) is 1.04. The van der Waals surface area contributed by atoms with Crippen molar-refractivity contribution in [1.29, 1.82) is 0 Å². The Morgan fingerprint density at radius 1 is 1.75 bits per heavy atom. The van der Waals surface area contributed by atoms with E-state index >= 15 is 0 Å². The van der Waals surface area contributed by atoms with Crippen LogP contribution >= 0.6 is 23.2 Å². The van der Waals surface area contributed by atoms with E-state index < -0.39 is 0 Å². The minimum atomic E-state index is -0.289. The van der Waals surface area contributed by atoms with E-state index in [1.807, 2.05) is 0 Å². The van der Waals surface area contributed by atoms with Crippen molar-refractivity contribution in [2.24, 2.45) is 9.98 Å². The average molecular weight is 206 g/mol. The zero-order valence-corrected chi connectivity index (χ0v) is 8.32. The Bertz CT molecular complexity index is 262. The van der Waals surface area contributed by atoms with Gasteiger partial charge in [-0.1, -0.05) is 23.2 Å². The van der Waals surface area contributed by atoms with E-state index in [9.17, 15) is 0 Å². The molecule has 5 heteroatoms. The minimum absolute atomic E-state index is 0.289. The Hall–Kier alpha value is -0.540. The van der Waals surface area contributed by atoms with Crippen molar-refractivity contribution < 1.29 is 0 Å². The van der Waals surface area contributed by atoms with Gasteiger partial charge in [-0.15, -0.1) is 0 Å². The SMILES string of the molecule is C/C(Cl)=C1/NC=N/C1=N/C(C)Cl. The van der Waals surface area contributed by atoms with Crippen LogP contribution in [0.3, 0.4) is 0 Å². The van der Waals surface area contributed by atoms with Crippen LogP contribution < -0.4 is 5.32 Å². The van der Waals surface area contributed by atoms with E-state index in [0.717, 1.165) is 5.70 Å². The second-order valence-corrected chi connectivity index (χ2v) is 3.54. The summed E-state index contributed by atoms with van der Waals surface area (Å²) in [5.74, 6) is 0.560. The summed E-state index contributed by atoms with van der Waals surface area (Å²) in [6, 6.07) is 0. The quantitative estimate of drug-likeness (QED) is 0.517. The third-order valence-electron chi connectivity index (χ3n) is 1.26. The summed E-state index contributed by atoms with van der Waals surface area (Å²) in [4.78, 5) is 8.02. The van der Waals surface area contributed by atoms with Crippen molar-refractivity contribution in [2.45, 2.75) is 19.3 Å². The van der Waals surface area contributed by atoms with Gasteiger partial charge in [0.25, 0.3) is 0 Å². The topological polar surface area (TPSA) is 36.8 Å². The van der Waals surface area contributed by atoms with Gasteiger partial charge in [-0.25, -0.2) is 9.98 Å². The van der Waals surface area contributed by atoms with E-state index in [1.54, 1.807) is 20.2 Å². The molecule has 0 amide bonds. The second-order valence-electron chi connectivity index (χ2n) is 2.34. The highest BCUT2D eigenvalue weighted by Crippen LogP contribution is 2.12. The minimum Gasteiger partial charge on any atom is -0.342 e. The number of nitrogens with one attached hydrogen (secondary N) is 1. The molecule has 3 nitrogen and oxygen atoms in total. The fourth-order valence-electron chi connectivity index (χ4n) is 0.807. The lowest BCUT2D eigenvalue weighted by atomic mass is 10.4. The van der Waals surface area contributed by atoms with Gasteiger partial charge in [0.15, 0.2) is 5.84 Å². The normalized spacial score (nSPS) is 25.8. The number of amidine groups is 1. The summed E-state index contributed by atoms with van der Waals surface area (Å²) >= 11 is 11.4. The largest absolute Gasteiger partial charge is 0.342 e. The van der Waals surface area contributed by atoms with Crippen LogP contribution in [0.15, 0.2) is 20.7 Å². The summed E-state index contributed by atoms with van der Waals surface area (Å²) in [6.07, 6.45) is 1.54. The smallest absolute Gasteiger partial charge is 0.175 e. The molecule has 0 fully saturated rings. The van der Waals surface area contributed by atoms with E-state index in [1.165, 1.54) is 0 Å². The van der Waals surface area contributed by atoms with Crippen molar-refractivity contribution in [3.63, 3.8) is 0 Å². The number of allylic oxidation sites excluding steroid dienone is 1. The average Bonchev–Trinajstić information content (AvgIpc) is 2.33. The number of nitrogens with zero attached hydrogens (tertiary/aromatic N) is 2. The molecule has 0 bridgehead atoms. The molecule has 0 aromatic rings. The molecule has 0 saturated carbocycles. The van der Waals surface area contributed by atoms with Crippen molar-refractivity contribution in [2.75, 3.05) is 0 Å². The van der Waals surface area contributed by atoms with Gasteiger partial charge in [0, 0.05) is 5.03 Å². The zero-order valence-electron chi connectivity index (χ0n) is 6.81. The lowest BCUT2D eigenvalue weighted by molar-refractivity contribution is 1.02. The highest BCUT2D eigenvalue weighted by atomic mass is 35.5. The van der Waals surface area contributed by atoms with Gasteiger partial charge in [0.1, 0.15) is 5.50 Å². The van der Waals surface area contributed by atoms with Crippen LogP contribution in [0.1, 0.15) is 13.8 Å². The summed E-state index contributed by atoms with van der Waals surface area (Å²) in [5.41, 5.74) is 0.437. The molecule has 1 unspecified atom stereocenters. The number of hydrogen-bond acceptors (Lipinski definition) is 2. The standard InChI is InChI=1S/C7H9Cl2N3/c1-4(8)6-7(11-3-10-6)12-5(2)9/h3,5H,1-2H3,(H,10,11,12)/b6-4-. The van der Waals surface area contributed by atoms with Gasteiger partial charge in [0.05, 0.1) is 12.0 Å². The molecule has 0 aromatic carbocycles.